The summed E-state index contributed by atoms with van der Waals surface area (Å²) in [6, 6.07) is 6.98. The van der Waals surface area contributed by atoms with Crippen molar-refractivity contribution in [1.29, 1.82) is 0 Å². The number of ether oxygens (including phenoxy) is 1. The van der Waals surface area contributed by atoms with Gasteiger partial charge in [0.1, 0.15) is 5.69 Å². The summed E-state index contributed by atoms with van der Waals surface area (Å²) in [5.41, 5.74) is 1.88. The van der Waals surface area contributed by atoms with E-state index in [1.54, 1.807) is 24.3 Å². The van der Waals surface area contributed by atoms with Crippen molar-refractivity contribution in [3.05, 3.63) is 30.0 Å². The third-order valence-corrected chi connectivity index (χ3v) is 2.25. The fourth-order valence-corrected chi connectivity index (χ4v) is 1.51. The molecule has 1 aromatic carbocycles. The Morgan fingerprint density at radius 3 is 2.94 bits per heavy atom. The zero-order chi connectivity index (χ0) is 11.5. The zero-order valence-electron chi connectivity index (χ0n) is 8.61. The minimum Gasteiger partial charge on any atom is -0.464 e. The monoisotopic (exact) mass is 218 g/mol. The van der Waals surface area contributed by atoms with Crippen LogP contribution in [0.25, 0.3) is 10.9 Å². The van der Waals surface area contributed by atoms with Gasteiger partial charge in [-0.25, -0.2) is 4.79 Å². The van der Waals surface area contributed by atoms with Crippen molar-refractivity contribution in [1.82, 2.24) is 4.98 Å². The molecule has 0 unspecified atom stereocenters. The Bertz CT molecular complexity index is 545. The van der Waals surface area contributed by atoms with Crippen LogP contribution in [0.5, 0.6) is 0 Å². The average Bonchev–Trinajstić information content (AvgIpc) is 2.71. The number of hydrogen-bond donors (Lipinski definition) is 2. The molecule has 2 aromatic rings. The molecule has 0 aliphatic carbocycles. The minimum absolute atomic E-state index is 0.390. The number of esters is 1. The molecule has 0 bridgehead atoms. The van der Waals surface area contributed by atoms with Gasteiger partial charge in [0.15, 0.2) is 0 Å². The maximum Gasteiger partial charge on any atom is 0.354 e. The van der Waals surface area contributed by atoms with Gasteiger partial charge in [-0.2, -0.15) is 0 Å². The van der Waals surface area contributed by atoms with Gasteiger partial charge in [-0.3, -0.25) is 4.79 Å². The molecule has 2 N–H and O–H groups in total. The Morgan fingerprint density at radius 1 is 1.44 bits per heavy atom. The topological polar surface area (TPSA) is 71.2 Å². The number of carbonyl (C=O) groups excluding carboxylic acids is 2. The molecule has 0 radical (unpaired) electrons. The molecule has 5 nitrogen and oxygen atoms in total. The summed E-state index contributed by atoms with van der Waals surface area (Å²) in [5, 5.41) is 3.38. The van der Waals surface area contributed by atoms with Crippen LogP contribution in [0.3, 0.4) is 0 Å². The lowest BCUT2D eigenvalue weighted by Crippen LogP contribution is -2.00. The van der Waals surface area contributed by atoms with Gasteiger partial charge in [0, 0.05) is 16.6 Å². The molecule has 1 amide bonds. The number of benzene rings is 1. The Balaban J connectivity index is 2.45. The molecule has 0 fully saturated rings. The Morgan fingerprint density at radius 2 is 2.25 bits per heavy atom. The van der Waals surface area contributed by atoms with Crippen LogP contribution in [0, 0.1) is 0 Å². The smallest absolute Gasteiger partial charge is 0.354 e. The van der Waals surface area contributed by atoms with E-state index >= 15 is 0 Å². The summed E-state index contributed by atoms with van der Waals surface area (Å²) in [4.78, 5) is 24.5. The fraction of sp³-hybridized carbons (Fsp3) is 0.0909. The van der Waals surface area contributed by atoms with Crippen molar-refractivity contribution in [3.63, 3.8) is 0 Å². The van der Waals surface area contributed by atoms with E-state index in [0.717, 1.165) is 10.9 Å². The van der Waals surface area contributed by atoms with Gasteiger partial charge in [0.05, 0.1) is 7.11 Å². The van der Waals surface area contributed by atoms with Crippen molar-refractivity contribution in [2.75, 3.05) is 12.4 Å². The Hall–Kier alpha value is -2.30. The number of rotatable bonds is 3. The number of fused-ring (bicyclic) bond motifs is 1. The first kappa shape index (κ1) is 10.2. The van der Waals surface area contributed by atoms with Crippen LogP contribution in [0.2, 0.25) is 0 Å². The second kappa shape index (κ2) is 4.06. The van der Waals surface area contributed by atoms with E-state index < -0.39 is 5.97 Å². The van der Waals surface area contributed by atoms with Gasteiger partial charge < -0.3 is 15.0 Å². The first-order valence-corrected chi connectivity index (χ1v) is 4.66. The van der Waals surface area contributed by atoms with Gasteiger partial charge in [-0.1, -0.05) is 0 Å². The van der Waals surface area contributed by atoms with Crippen LogP contribution < -0.4 is 5.32 Å². The number of methoxy groups -OCH3 is 1. The Kier molecular flexibility index (Phi) is 2.59. The molecular weight excluding hydrogens is 208 g/mol. The summed E-state index contributed by atoms with van der Waals surface area (Å²) in [6.07, 6.45) is 0.606. The van der Waals surface area contributed by atoms with E-state index in [2.05, 4.69) is 15.0 Å². The third-order valence-electron chi connectivity index (χ3n) is 2.25. The second-order valence-corrected chi connectivity index (χ2v) is 3.24. The quantitative estimate of drug-likeness (QED) is 0.606. The summed E-state index contributed by atoms with van der Waals surface area (Å²) in [6.45, 7) is 0. The fourth-order valence-electron chi connectivity index (χ4n) is 1.51. The van der Waals surface area contributed by atoms with Crippen molar-refractivity contribution in [2.24, 2.45) is 0 Å². The van der Waals surface area contributed by atoms with Crippen molar-refractivity contribution in [3.8, 4) is 0 Å². The summed E-state index contributed by atoms with van der Waals surface area (Å²) in [7, 11) is 1.33. The first-order valence-electron chi connectivity index (χ1n) is 4.66. The van der Waals surface area contributed by atoms with Crippen molar-refractivity contribution < 1.29 is 14.3 Å². The normalized spacial score (nSPS) is 10.1. The van der Waals surface area contributed by atoms with Gasteiger partial charge in [0.25, 0.3) is 0 Å². The van der Waals surface area contributed by atoms with Gasteiger partial charge in [0.2, 0.25) is 6.41 Å². The van der Waals surface area contributed by atoms with Crippen LogP contribution in [0.4, 0.5) is 5.69 Å². The number of H-pyrrole nitrogens is 1. The number of anilines is 1. The highest BCUT2D eigenvalue weighted by atomic mass is 16.5. The molecule has 0 atom stereocenters. The molecule has 5 heteroatoms. The van der Waals surface area contributed by atoms with Gasteiger partial charge in [-0.15, -0.1) is 0 Å². The SMILES string of the molecule is COC(=O)c1cc2cc(NC=O)ccc2[nH]1. The first-order chi connectivity index (χ1) is 7.74. The van der Waals surface area contributed by atoms with E-state index in [0.29, 0.717) is 17.8 Å². The van der Waals surface area contributed by atoms with E-state index in [1.165, 1.54) is 7.11 Å². The van der Waals surface area contributed by atoms with Crippen LogP contribution in [-0.4, -0.2) is 24.5 Å². The largest absolute Gasteiger partial charge is 0.464 e. The molecule has 16 heavy (non-hydrogen) atoms. The third kappa shape index (κ3) is 1.75. The summed E-state index contributed by atoms with van der Waals surface area (Å²) < 4.78 is 4.60. The molecule has 1 heterocycles. The lowest BCUT2D eigenvalue weighted by atomic mass is 10.2. The summed E-state index contributed by atoms with van der Waals surface area (Å²) >= 11 is 0. The maximum atomic E-state index is 11.3. The van der Waals surface area contributed by atoms with Crippen LogP contribution in [0.1, 0.15) is 10.5 Å². The highest BCUT2D eigenvalue weighted by molar-refractivity contribution is 5.96. The Labute approximate surface area is 91.4 Å². The molecular formula is C11H10N2O3. The molecule has 0 saturated carbocycles. The number of hydrogen-bond acceptors (Lipinski definition) is 3. The second-order valence-electron chi connectivity index (χ2n) is 3.24. The van der Waals surface area contributed by atoms with E-state index in [1.807, 2.05) is 0 Å². The predicted molar refractivity (Wildman–Crippen MR) is 59.3 cm³/mol. The van der Waals surface area contributed by atoms with Crippen LogP contribution in [-0.2, 0) is 9.53 Å². The van der Waals surface area contributed by atoms with Crippen molar-refractivity contribution >= 4 is 29.0 Å². The van der Waals surface area contributed by atoms with Crippen LogP contribution in [0.15, 0.2) is 24.3 Å². The summed E-state index contributed by atoms with van der Waals surface area (Å²) in [5.74, 6) is -0.416. The number of amides is 1. The standard InChI is InChI=1S/C11H10N2O3/c1-16-11(15)10-5-7-4-8(12-6-14)2-3-9(7)13-10/h2-6,13H,1H3,(H,12,14). The molecule has 0 saturated heterocycles. The number of nitrogens with one attached hydrogen (secondary N) is 2. The highest BCUT2D eigenvalue weighted by Gasteiger charge is 2.09. The molecule has 0 aliphatic rings. The number of aromatic nitrogens is 1. The molecule has 82 valence electrons. The predicted octanol–water partition coefficient (Wildman–Crippen LogP) is 1.52. The van der Waals surface area contributed by atoms with E-state index in [4.69, 9.17) is 0 Å². The molecule has 1 aromatic heterocycles. The lowest BCUT2D eigenvalue weighted by molar-refractivity contribution is -0.105. The van der Waals surface area contributed by atoms with Crippen molar-refractivity contribution in [2.45, 2.75) is 0 Å². The zero-order valence-corrected chi connectivity index (χ0v) is 8.61. The lowest BCUT2D eigenvalue weighted by Gasteiger charge is -1.96. The number of carbonyl (C=O) groups is 2. The maximum absolute atomic E-state index is 11.3. The molecule has 2 rings (SSSR count). The minimum atomic E-state index is -0.416. The van der Waals surface area contributed by atoms with Gasteiger partial charge >= 0.3 is 5.97 Å². The molecule has 0 spiro atoms. The number of aromatic amines is 1. The van der Waals surface area contributed by atoms with Crippen LogP contribution >= 0.6 is 0 Å². The van der Waals surface area contributed by atoms with Gasteiger partial charge in [-0.05, 0) is 24.3 Å². The average molecular weight is 218 g/mol. The highest BCUT2D eigenvalue weighted by Crippen LogP contribution is 2.20. The molecule has 0 aliphatic heterocycles. The van der Waals surface area contributed by atoms with E-state index in [9.17, 15) is 9.59 Å². The van der Waals surface area contributed by atoms with E-state index in [-0.39, 0.29) is 0 Å².